The molecule has 9 heteroatoms. The molecule has 3 aromatic carbocycles. The minimum atomic E-state index is -0.238. The number of hydrogen-bond acceptors (Lipinski definition) is 5. The SMILES string of the molecule is Cc1cc(C)n2ncc(C(=O)Nc3ccc(C4CCN(C(=O)c5ccc(-c6nc7ccccc7[nH]6)cc5)CC4)cc3)c2n1. The highest BCUT2D eigenvalue weighted by atomic mass is 16.2. The van der Waals surface area contributed by atoms with Gasteiger partial charge >= 0.3 is 0 Å². The van der Waals surface area contributed by atoms with E-state index in [1.807, 2.05) is 85.5 Å². The van der Waals surface area contributed by atoms with Gasteiger partial charge in [0.05, 0.1) is 17.2 Å². The molecule has 7 rings (SSSR count). The number of carbonyl (C=O) groups excluding carboxylic acids is 2. The number of nitrogens with one attached hydrogen (secondary N) is 2. The lowest BCUT2D eigenvalue weighted by Gasteiger charge is -2.32. The highest BCUT2D eigenvalue weighted by molar-refractivity contribution is 6.08. The second-order valence-corrected chi connectivity index (χ2v) is 11.2. The third kappa shape index (κ3) is 5.14. The molecule has 1 saturated heterocycles. The van der Waals surface area contributed by atoms with Gasteiger partial charge in [-0.05, 0) is 80.6 Å². The zero-order valence-corrected chi connectivity index (χ0v) is 24.0. The fourth-order valence-corrected chi connectivity index (χ4v) is 5.93. The van der Waals surface area contributed by atoms with Crippen LogP contribution < -0.4 is 5.32 Å². The molecule has 2 N–H and O–H groups in total. The molecule has 1 aliphatic rings. The molecule has 1 fully saturated rings. The molecule has 0 aliphatic carbocycles. The van der Waals surface area contributed by atoms with Crippen molar-refractivity contribution in [3.63, 3.8) is 0 Å². The van der Waals surface area contributed by atoms with Gasteiger partial charge < -0.3 is 15.2 Å². The van der Waals surface area contributed by atoms with Gasteiger partial charge in [0.15, 0.2) is 5.65 Å². The summed E-state index contributed by atoms with van der Waals surface area (Å²) >= 11 is 0. The number of anilines is 1. The smallest absolute Gasteiger partial charge is 0.261 e. The van der Waals surface area contributed by atoms with Crippen molar-refractivity contribution in [1.29, 1.82) is 0 Å². The topological polar surface area (TPSA) is 108 Å². The third-order valence-corrected chi connectivity index (χ3v) is 8.24. The Morgan fingerprint density at radius 3 is 2.40 bits per heavy atom. The Kier molecular flexibility index (Phi) is 6.69. The average molecular weight is 570 g/mol. The molecule has 0 saturated carbocycles. The number of para-hydroxylation sites is 2. The maximum absolute atomic E-state index is 13.2. The first kappa shape index (κ1) is 26.6. The van der Waals surface area contributed by atoms with E-state index in [0.29, 0.717) is 35.8 Å². The quantitative estimate of drug-likeness (QED) is 0.258. The maximum atomic E-state index is 13.2. The van der Waals surface area contributed by atoms with Crippen LogP contribution in [0.5, 0.6) is 0 Å². The number of H-pyrrole nitrogens is 1. The lowest BCUT2D eigenvalue weighted by atomic mass is 9.89. The summed E-state index contributed by atoms with van der Waals surface area (Å²) in [6, 6.07) is 25.5. The number of amides is 2. The maximum Gasteiger partial charge on any atom is 0.261 e. The van der Waals surface area contributed by atoms with Crippen LogP contribution in [0.4, 0.5) is 5.69 Å². The predicted molar refractivity (Wildman–Crippen MR) is 166 cm³/mol. The highest BCUT2D eigenvalue weighted by Crippen LogP contribution is 2.30. The summed E-state index contributed by atoms with van der Waals surface area (Å²) < 4.78 is 1.68. The van der Waals surface area contributed by atoms with E-state index in [9.17, 15) is 9.59 Å². The molecule has 1 aliphatic heterocycles. The van der Waals surface area contributed by atoms with Crippen molar-refractivity contribution < 1.29 is 9.59 Å². The zero-order valence-electron chi connectivity index (χ0n) is 24.0. The summed E-state index contributed by atoms with van der Waals surface area (Å²) in [5, 5.41) is 7.30. The first-order chi connectivity index (χ1) is 20.9. The van der Waals surface area contributed by atoms with Crippen LogP contribution in [0.25, 0.3) is 28.1 Å². The average Bonchev–Trinajstić information content (AvgIpc) is 3.66. The lowest BCUT2D eigenvalue weighted by Crippen LogP contribution is -2.37. The molecule has 214 valence electrons. The van der Waals surface area contributed by atoms with Crippen molar-refractivity contribution in [2.24, 2.45) is 0 Å². The fraction of sp³-hybridized carbons (Fsp3) is 0.206. The van der Waals surface area contributed by atoms with Gasteiger partial charge in [0.2, 0.25) is 0 Å². The van der Waals surface area contributed by atoms with Crippen LogP contribution in [-0.4, -0.2) is 54.4 Å². The van der Waals surface area contributed by atoms with Gasteiger partial charge in [0.25, 0.3) is 11.8 Å². The molecule has 0 spiro atoms. The van der Waals surface area contributed by atoms with E-state index in [0.717, 1.165) is 52.3 Å². The van der Waals surface area contributed by atoms with Gasteiger partial charge in [-0.3, -0.25) is 9.59 Å². The Morgan fingerprint density at radius 2 is 1.65 bits per heavy atom. The first-order valence-electron chi connectivity index (χ1n) is 14.5. The van der Waals surface area contributed by atoms with Gasteiger partial charge in [0, 0.05) is 41.3 Å². The fourth-order valence-electron chi connectivity index (χ4n) is 5.93. The largest absolute Gasteiger partial charge is 0.339 e. The summed E-state index contributed by atoms with van der Waals surface area (Å²) in [7, 11) is 0. The van der Waals surface area contributed by atoms with Crippen molar-refractivity contribution in [3.05, 3.63) is 113 Å². The van der Waals surface area contributed by atoms with Crippen molar-refractivity contribution in [2.45, 2.75) is 32.6 Å². The monoisotopic (exact) mass is 569 g/mol. The third-order valence-electron chi connectivity index (χ3n) is 8.24. The summed E-state index contributed by atoms with van der Waals surface area (Å²) in [6.07, 6.45) is 3.34. The Labute approximate surface area is 248 Å². The van der Waals surface area contributed by atoms with Crippen LogP contribution in [0.1, 0.15) is 56.4 Å². The number of hydrogen-bond donors (Lipinski definition) is 2. The van der Waals surface area contributed by atoms with Crippen molar-refractivity contribution in [3.8, 4) is 11.4 Å². The molecule has 43 heavy (non-hydrogen) atoms. The predicted octanol–water partition coefficient (Wildman–Crippen LogP) is 6.16. The number of imidazole rings is 1. The molecule has 0 unspecified atom stereocenters. The van der Waals surface area contributed by atoms with E-state index in [1.165, 1.54) is 5.56 Å². The number of fused-ring (bicyclic) bond motifs is 2. The molecule has 9 nitrogen and oxygen atoms in total. The number of benzene rings is 3. The number of rotatable bonds is 5. The van der Waals surface area contributed by atoms with Crippen LogP contribution in [0.2, 0.25) is 0 Å². The molecule has 0 atom stereocenters. The van der Waals surface area contributed by atoms with E-state index in [-0.39, 0.29) is 11.8 Å². The van der Waals surface area contributed by atoms with Crippen LogP contribution in [-0.2, 0) is 0 Å². The minimum Gasteiger partial charge on any atom is -0.339 e. The summed E-state index contributed by atoms with van der Waals surface area (Å²) in [4.78, 5) is 40.7. The second kappa shape index (κ2) is 10.8. The number of aromatic nitrogens is 5. The van der Waals surface area contributed by atoms with E-state index < -0.39 is 0 Å². The number of piperidine rings is 1. The number of aryl methyl sites for hydroxylation is 2. The van der Waals surface area contributed by atoms with Gasteiger partial charge in [-0.25, -0.2) is 14.5 Å². The van der Waals surface area contributed by atoms with Crippen molar-refractivity contribution in [1.82, 2.24) is 29.5 Å². The molecule has 6 aromatic rings. The first-order valence-corrected chi connectivity index (χ1v) is 14.5. The molecule has 4 heterocycles. The van der Waals surface area contributed by atoms with Crippen LogP contribution in [0.3, 0.4) is 0 Å². The summed E-state index contributed by atoms with van der Waals surface area (Å²) in [5.74, 6) is 0.973. The van der Waals surface area contributed by atoms with E-state index in [2.05, 4.69) is 37.5 Å². The normalized spacial score (nSPS) is 14.0. The lowest BCUT2D eigenvalue weighted by molar-refractivity contribution is 0.0713. The molecule has 2 amide bonds. The Hall–Kier alpha value is -5.31. The summed E-state index contributed by atoms with van der Waals surface area (Å²) in [6.45, 7) is 5.25. The van der Waals surface area contributed by atoms with Crippen LogP contribution >= 0.6 is 0 Å². The van der Waals surface area contributed by atoms with Crippen LogP contribution in [0.15, 0.2) is 85.1 Å². The van der Waals surface area contributed by atoms with Crippen molar-refractivity contribution >= 4 is 34.2 Å². The Bertz CT molecular complexity index is 1930. The van der Waals surface area contributed by atoms with Crippen molar-refractivity contribution in [2.75, 3.05) is 18.4 Å². The number of aromatic amines is 1. The Morgan fingerprint density at radius 1 is 0.907 bits per heavy atom. The Balaban J connectivity index is 0.958. The highest BCUT2D eigenvalue weighted by Gasteiger charge is 2.25. The van der Waals surface area contributed by atoms with Crippen LogP contribution in [0, 0.1) is 13.8 Å². The molecular weight excluding hydrogens is 538 g/mol. The number of likely N-dealkylation sites (tertiary alicyclic amines) is 1. The standard InChI is InChI=1S/C34H31N7O2/c1-21-19-22(2)41-32(36-21)28(20-35-41)33(42)37-27-13-11-23(12-14-27)24-15-17-40(18-16-24)34(43)26-9-7-25(8-10-26)31-38-29-5-3-4-6-30(29)39-31/h3-14,19-20,24H,15-18H2,1-2H3,(H,37,42)(H,38,39). The molecule has 3 aromatic heterocycles. The van der Waals surface area contributed by atoms with Gasteiger partial charge in [-0.15, -0.1) is 0 Å². The number of nitrogens with zero attached hydrogens (tertiary/aromatic N) is 5. The van der Waals surface area contributed by atoms with Gasteiger partial charge in [-0.1, -0.05) is 36.4 Å². The minimum absolute atomic E-state index is 0.0558. The number of carbonyl (C=O) groups is 2. The van der Waals surface area contributed by atoms with Gasteiger partial charge in [-0.2, -0.15) is 5.10 Å². The molecule has 0 bridgehead atoms. The van der Waals surface area contributed by atoms with E-state index in [4.69, 9.17) is 0 Å². The second-order valence-electron chi connectivity index (χ2n) is 11.2. The van der Waals surface area contributed by atoms with E-state index >= 15 is 0 Å². The zero-order chi connectivity index (χ0) is 29.5. The molecule has 0 radical (unpaired) electrons. The molecular formula is C34H31N7O2. The summed E-state index contributed by atoms with van der Waals surface area (Å²) in [5.41, 5.74) is 8.24. The van der Waals surface area contributed by atoms with Gasteiger partial charge in [0.1, 0.15) is 11.4 Å². The van der Waals surface area contributed by atoms with E-state index in [1.54, 1.807) is 10.7 Å².